The van der Waals surface area contributed by atoms with E-state index < -0.39 is 0 Å². The van der Waals surface area contributed by atoms with E-state index >= 15 is 0 Å². The number of aromatic nitrogens is 4. The van der Waals surface area contributed by atoms with Crippen molar-refractivity contribution < 1.29 is 9.59 Å². The molecule has 0 saturated heterocycles. The van der Waals surface area contributed by atoms with E-state index in [4.69, 9.17) is 12.2 Å². The number of aryl methyl sites for hydroxylation is 2. The molecular weight excluding hydrogens is 424 g/mol. The van der Waals surface area contributed by atoms with Crippen LogP contribution in [0.2, 0.25) is 0 Å². The molecule has 8 nitrogen and oxygen atoms in total. The number of hydrogen-bond donors (Lipinski definition) is 3. The standard InChI is InChI=1S/C23H20N6O2S/c1-14-3-7-18(8-4-14)24-21(30)16-11-17(13-20(12-16)29-23(32)26-27-28-29)22(31)25-19-9-5-15(2)6-10-19/h3-13H,1-2H3,(H,24,30)(H,25,31)(H,26,28,32). The van der Waals surface area contributed by atoms with Crippen molar-refractivity contribution in [2.75, 3.05) is 10.6 Å². The van der Waals surface area contributed by atoms with Crippen molar-refractivity contribution in [3.63, 3.8) is 0 Å². The van der Waals surface area contributed by atoms with Crippen LogP contribution < -0.4 is 10.6 Å². The topological polar surface area (TPSA) is 105 Å². The van der Waals surface area contributed by atoms with Gasteiger partial charge < -0.3 is 10.6 Å². The van der Waals surface area contributed by atoms with Crippen molar-refractivity contribution in [2.24, 2.45) is 0 Å². The third kappa shape index (κ3) is 4.79. The SMILES string of the molecule is Cc1ccc(NC(=O)c2cc(C(=O)Nc3ccc(C)cc3)cc(-n3[nH]nnc3=S)c2)cc1. The molecular formula is C23H20N6O2S. The fourth-order valence-corrected chi connectivity index (χ4v) is 3.24. The van der Waals surface area contributed by atoms with E-state index in [1.54, 1.807) is 12.1 Å². The molecule has 9 heteroatoms. The number of carbonyl (C=O) groups excluding carboxylic acids is 2. The normalized spacial score (nSPS) is 10.6. The number of tetrazole rings is 1. The van der Waals surface area contributed by atoms with Gasteiger partial charge in [0.15, 0.2) is 0 Å². The maximum Gasteiger partial charge on any atom is 0.255 e. The lowest BCUT2D eigenvalue weighted by Gasteiger charge is -2.11. The molecule has 0 spiro atoms. The van der Waals surface area contributed by atoms with Crippen LogP contribution in [0.3, 0.4) is 0 Å². The molecule has 32 heavy (non-hydrogen) atoms. The molecule has 0 aliphatic rings. The first kappa shape index (κ1) is 21.1. The number of aromatic amines is 1. The third-order valence-corrected chi connectivity index (χ3v) is 5.06. The van der Waals surface area contributed by atoms with Crippen LogP contribution in [0, 0.1) is 18.6 Å². The van der Waals surface area contributed by atoms with Crippen molar-refractivity contribution in [3.8, 4) is 5.69 Å². The molecule has 0 atom stereocenters. The molecule has 0 unspecified atom stereocenters. The lowest BCUT2D eigenvalue weighted by Crippen LogP contribution is -2.17. The van der Waals surface area contributed by atoms with Gasteiger partial charge in [-0.2, -0.15) is 5.21 Å². The average molecular weight is 445 g/mol. The number of H-pyrrole nitrogens is 1. The lowest BCUT2D eigenvalue weighted by atomic mass is 10.1. The minimum Gasteiger partial charge on any atom is -0.322 e. The van der Waals surface area contributed by atoms with Gasteiger partial charge in [-0.1, -0.05) is 45.7 Å². The zero-order valence-corrected chi connectivity index (χ0v) is 18.2. The van der Waals surface area contributed by atoms with Gasteiger partial charge >= 0.3 is 0 Å². The Morgan fingerprint density at radius 3 is 1.69 bits per heavy atom. The van der Waals surface area contributed by atoms with E-state index in [1.165, 1.54) is 10.7 Å². The first-order valence-electron chi connectivity index (χ1n) is 9.81. The number of rotatable bonds is 5. The summed E-state index contributed by atoms with van der Waals surface area (Å²) >= 11 is 5.18. The van der Waals surface area contributed by atoms with Crippen LogP contribution in [0.5, 0.6) is 0 Å². The van der Waals surface area contributed by atoms with Gasteiger partial charge in [-0.15, -0.1) is 0 Å². The summed E-state index contributed by atoms with van der Waals surface area (Å²) in [5, 5.41) is 15.8. The molecule has 0 aliphatic carbocycles. The van der Waals surface area contributed by atoms with Crippen LogP contribution in [-0.4, -0.2) is 32.0 Å². The van der Waals surface area contributed by atoms with Gasteiger partial charge in [0.2, 0.25) is 4.77 Å². The summed E-state index contributed by atoms with van der Waals surface area (Å²) in [6.45, 7) is 3.94. The molecule has 1 heterocycles. The van der Waals surface area contributed by atoms with E-state index in [1.807, 2.05) is 62.4 Å². The number of nitrogens with zero attached hydrogens (tertiary/aromatic N) is 3. The Labute approximate surface area is 189 Å². The first-order valence-corrected chi connectivity index (χ1v) is 10.2. The van der Waals surface area contributed by atoms with E-state index in [-0.39, 0.29) is 27.7 Å². The van der Waals surface area contributed by atoms with Crippen LogP contribution in [0.4, 0.5) is 11.4 Å². The summed E-state index contributed by atoms with van der Waals surface area (Å²) in [5.41, 5.74) is 4.50. The van der Waals surface area contributed by atoms with Gasteiger partial charge in [-0.05, 0) is 68.5 Å². The molecule has 2 amide bonds. The van der Waals surface area contributed by atoms with Crippen LogP contribution in [0.1, 0.15) is 31.8 Å². The number of carbonyl (C=O) groups is 2. The molecule has 0 fully saturated rings. The highest BCUT2D eigenvalue weighted by atomic mass is 32.1. The molecule has 4 rings (SSSR count). The van der Waals surface area contributed by atoms with Crippen LogP contribution >= 0.6 is 12.2 Å². The quantitative estimate of drug-likeness (QED) is 0.395. The number of amides is 2. The Bertz CT molecular complexity index is 1260. The predicted molar refractivity (Wildman–Crippen MR) is 125 cm³/mol. The maximum absolute atomic E-state index is 13.0. The fraction of sp³-hybridized carbons (Fsp3) is 0.0870. The van der Waals surface area contributed by atoms with E-state index in [2.05, 4.69) is 26.2 Å². The summed E-state index contributed by atoms with van der Waals surface area (Å²) in [5.74, 6) is -0.724. The molecule has 0 bridgehead atoms. The number of benzene rings is 3. The van der Waals surface area contributed by atoms with Gasteiger partial charge in [0.05, 0.1) is 5.69 Å². The monoisotopic (exact) mass is 444 g/mol. The van der Waals surface area contributed by atoms with Gasteiger partial charge in [-0.3, -0.25) is 9.59 Å². The highest BCUT2D eigenvalue weighted by Gasteiger charge is 2.15. The molecule has 3 N–H and O–H groups in total. The molecule has 160 valence electrons. The summed E-state index contributed by atoms with van der Waals surface area (Å²) in [6.07, 6.45) is 0. The Hall–Kier alpha value is -4.11. The van der Waals surface area contributed by atoms with E-state index in [9.17, 15) is 9.59 Å². The van der Waals surface area contributed by atoms with Crippen LogP contribution in [-0.2, 0) is 0 Å². The summed E-state index contributed by atoms with van der Waals surface area (Å²) < 4.78 is 1.59. The van der Waals surface area contributed by atoms with Gasteiger partial charge in [0, 0.05) is 22.5 Å². The number of anilines is 2. The predicted octanol–water partition coefficient (Wildman–Crippen LogP) is 4.45. The molecule has 0 saturated carbocycles. The van der Waals surface area contributed by atoms with Crippen molar-refractivity contribution >= 4 is 35.4 Å². The molecule has 0 radical (unpaired) electrons. The van der Waals surface area contributed by atoms with Crippen molar-refractivity contribution in [1.82, 2.24) is 20.2 Å². The second-order valence-corrected chi connectivity index (χ2v) is 7.69. The van der Waals surface area contributed by atoms with Crippen molar-refractivity contribution in [2.45, 2.75) is 13.8 Å². The first-order chi connectivity index (χ1) is 15.4. The van der Waals surface area contributed by atoms with Crippen LogP contribution in [0.15, 0.2) is 66.7 Å². The van der Waals surface area contributed by atoms with Gasteiger partial charge in [-0.25, -0.2) is 4.68 Å². The molecule has 3 aromatic carbocycles. The van der Waals surface area contributed by atoms with Crippen molar-refractivity contribution in [1.29, 1.82) is 0 Å². The minimum absolute atomic E-state index is 0.172. The number of nitrogens with one attached hydrogen (secondary N) is 3. The smallest absolute Gasteiger partial charge is 0.255 e. The molecule has 4 aromatic rings. The highest BCUT2D eigenvalue weighted by molar-refractivity contribution is 7.71. The van der Waals surface area contributed by atoms with Gasteiger partial charge in [0.25, 0.3) is 11.8 Å². The zero-order chi connectivity index (χ0) is 22.7. The lowest BCUT2D eigenvalue weighted by molar-refractivity contribution is 0.102. The van der Waals surface area contributed by atoms with Crippen LogP contribution in [0.25, 0.3) is 5.69 Å². The number of hydrogen-bond acceptors (Lipinski definition) is 5. The second kappa shape index (κ2) is 8.94. The third-order valence-electron chi connectivity index (χ3n) is 4.79. The Balaban J connectivity index is 1.69. The maximum atomic E-state index is 13.0. The Morgan fingerprint density at radius 1 is 0.812 bits per heavy atom. The largest absolute Gasteiger partial charge is 0.322 e. The Kier molecular flexibility index (Phi) is 5.91. The molecule has 1 aromatic heterocycles. The van der Waals surface area contributed by atoms with E-state index in [0.717, 1.165) is 11.1 Å². The second-order valence-electron chi connectivity index (χ2n) is 7.33. The average Bonchev–Trinajstić information content (AvgIpc) is 3.22. The summed E-state index contributed by atoms with van der Waals surface area (Å²) in [7, 11) is 0. The summed E-state index contributed by atoms with van der Waals surface area (Å²) in [6, 6.07) is 19.6. The van der Waals surface area contributed by atoms with Crippen molar-refractivity contribution in [3.05, 3.63) is 93.8 Å². The highest BCUT2D eigenvalue weighted by Crippen LogP contribution is 2.18. The minimum atomic E-state index is -0.362. The summed E-state index contributed by atoms with van der Waals surface area (Å²) in [4.78, 5) is 25.9. The Morgan fingerprint density at radius 2 is 1.28 bits per heavy atom. The van der Waals surface area contributed by atoms with Gasteiger partial charge in [0.1, 0.15) is 0 Å². The molecule has 0 aliphatic heterocycles. The fourth-order valence-electron chi connectivity index (χ4n) is 3.05. The van der Waals surface area contributed by atoms with E-state index in [0.29, 0.717) is 17.1 Å². The zero-order valence-electron chi connectivity index (χ0n) is 17.4.